The largest absolute Gasteiger partial charge is 0.458 e. The zero-order valence-electron chi connectivity index (χ0n) is 23.3. The van der Waals surface area contributed by atoms with Gasteiger partial charge in [-0.1, -0.05) is 90.4 Å². The lowest BCUT2D eigenvalue weighted by atomic mass is 10.0. The molecule has 9 heteroatoms. The molecule has 0 aliphatic carbocycles. The first kappa shape index (κ1) is 34.9. The Morgan fingerprint density at radius 1 is 0.800 bits per heavy atom. The van der Waals surface area contributed by atoms with Gasteiger partial charge in [0, 0.05) is 13.5 Å². The van der Waals surface area contributed by atoms with Gasteiger partial charge in [0.05, 0.1) is 34.4 Å². The number of ether oxygens (including phenoxy) is 2. The lowest BCUT2D eigenvalue weighted by molar-refractivity contribution is -0.870. The Kier molecular flexibility index (Phi) is 21.9. The highest BCUT2D eigenvalue weighted by Crippen LogP contribution is 2.43. The molecule has 2 atom stereocenters. The predicted molar refractivity (Wildman–Crippen MR) is 148 cm³/mol. The summed E-state index contributed by atoms with van der Waals surface area (Å²) in [5.41, 5.74) is 0. The minimum atomic E-state index is -3.38. The van der Waals surface area contributed by atoms with Crippen LogP contribution in [0.1, 0.15) is 104 Å². The number of carbonyl (C=O) groups is 1. The maximum atomic E-state index is 11.4. The van der Waals surface area contributed by atoms with Crippen LogP contribution in [0.4, 0.5) is 0 Å². The second kappa shape index (κ2) is 22.0. The van der Waals surface area contributed by atoms with Gasteiger partial charge >= 0.3 is 12.7 Å². The molecule has 0 radical (unpaired) electrons. The van der Waals surface area contributed by atoms with Gasteiger partial charge in [0.25, 0.3) is 0 Å². The van der Waals surface area contributed by atoms with Crippen molar-refractivity contribution in [2.24, 2.45) is 0 Å². The standard InChI is InChI=1S/C26H54NO6PS/c1-6-7-8-9-10-11-12-13-14-15-16-17-18-19-21-30-23-26(33-25(2)28)24-32-34(29,35)31-22-20-27(3,4)5/h26H,6-24H2,1-5H3/p+1/t26-,34?/m1/s1. The molecule has 0 bridgehead atoms. The topological polar surface area (TPSA) is 74.2 Å². The van der Waals surface area contributed by atoms with Gasteiger partial charge in [0.15, 0.2) is 0 Å². The molecule has 35 heavy (non-hydrogen) atoms. The summed E-state index contributed by atoms with van der Waals surface area (Å²) in [4.78, 5) is 21.6. The third-order valence-electron chi connectivity index (χ3n) is 5.72. The van der Waals surface area contributed by atoms with Crippen molar-refractivity contribution in [1.29, 1.82) is 0 Å². The SMILES string of the molecule is CCCCCCCCCCCCCCCCOC[C@H](COP(O)(=S)OCC[N+](C)(C)C)OC(C)=O. The smallest absolute Gasteiger partial charge is 0.324 e. The van der Waals surface area contributed by atoms with E-state index in [-0.39, 0.29) is 13.2 Å². The van der Waals surface area contributed by atoms with Crippen LogP contribution in [-0.4, -0.2) is 75.6 Å². The van der Waals surface area contributed by atoms with E-state index in [0.717, 1.165) is 12.8 Å². The van der Waals surface area contributed by atoms with E-state index >= 15 is 0 Å². The zero-order chi connectivity index (χ0) is 26.4. The van der Waals surface area contributed by atoms with Crippen molar-refractivity contribution < 1.29 is 32.7 Å². The van der Waals surface area contributed by atoms with Crippen LogP contribution in [0, 0.1) is 0 Å². The molecule has 0 aromatic rings. The van der Waals surface area contributed by atoms with Crippen molar-refractivity contribution in [3.05, 3.63) is 0 Å². The Morgan fingerprint density at radius 3 is 1.74 bits per heavy atom. The molecule has 0 spiro atoms. The van der Waals surface area contributed by atoms with Gasteiger partial charge in [-0.3, -0.25) is 4.79 Å². The van der Waals surface area contributed by atoms with Crippen LogP contribution in [0.25, 0.3) is 0 Å². The molecule has 7 nitrogen and oxygen atoms in total. The van der Waals surface area contributed by atoms with Crippen LogP contribution in [0.2, 0.25) is 0 Å². The maximum absolute atomic E-state index is 11.4. The molecule has 0 aromatic heterocycles. The van der Waals surface area contributed by atoms with E-state index in [1.165, 1.54) is 84.0 Å². The average Bonchev–Trinajstić information content (AvgIpc) is 2.75. The molecule has 0 rings (SSSR count). The number of carbonyl (C=O) groups excluding carboxylic acids is 1. The molecule has 0 saturated carbocycles. The molecule has 1 unspecified atom stereocenters. The first-order valence-electron chi connectivity index (χ1n) is 13.7. The quantitative estimate of drug-likeness (QED) is 0.0624. The van der Waals surface area contributed by atoms with Gasteiger partial charge in [-0.05, 0) is 18.2 Å². The van der Waals surface area contributed by atoms with E-state index in [0.29, 0.717) is 24.2 Å². The second-order valence-electron chi connectivity index (χ2n) is 10.5. The van der Waals surface area contributed by atoms with Crippen molar-refractivity contribution in [2.75, 3.05) is 54.1 Å². The highest BCUT2D eigenvalue weighted by atomic mass is 32.5. The minimum absolute atomic E-state index is 0.0452. The number of hydrogen-bond acceptors (Lipinski definition) is 6. The Morgan fingerprint density at radius 2 is 1.29 bits per heavy atom. The lowest BCUT2D eigenvalue weighted by Crippen LogP contribution is -2.37. The number of quaternary nitrogens is 1. The fourth-order valence-corrected chi connectivity index (χ4v) is 4.76. The first-order valence-corrected chi connectivity index (χ1v) is 16.3. The number of likely N-dealkylation sites (N-methyl/N-ethyl adjacent to an activating group) is 1. The van der Waals surface area contributed by atoms with E-state index < -0.39 is 18.8 Å². The number of rotatable bonds is 25. The number of nitrogens with zero attached hydrogens (tertiary/aromatic N) is 1. The van der Waals surface area contributed by atoms with Crippen LogP contribution in [0.3, 0.4) is 0 Å². The fourth-order valence-electron chi connectivity index (χ4n) is 3.61. The van der Waals surface area contributed by atoms with E-state index in [4.69, 9.17) is 30.3 Å². The van der Waals surface area contributed by atoms with E-state index in [1.54, 1.807) is 0 Å². The number of esters is 1. The van der Waals surface area contributed by atoms with E-state index in [2.05, 4.69) is 6.92 Å². The van der Waals surface area contributed by atoms with Crippen LogP contribution in [-0.2, 0) is 35.1 Å². The summed E-state index contributed by atoms with van der Waals surface area (Å²) >= 11 is 5.05. The Balaban J connectivity index is 3.77. The van der Waals surface area contributed by atoms with Crippen LogP contribution >= 0.6 is 6.72 Å². The highest BCUT2D eigenvalue weighted by Gasteiger charge is 2.22. The summed E-state index contributed by atoms with van der Waals surface area (Å²) in [5.74, 6) is -0.420. The van der Waals surface area contributed by atoms with Gasteiger partial charge in [-0.25, -0.2) is 0 Å². The third-order valence-corrected chi connectivity index (χ3v) is 7.34. The predicted octanol–water partition coefficient (Wildman–Crippen LogP) is 6.37. The summed E-state index contributed by atoms with van der Waals surface area (Å²) in [6.07, 6.45) is 17.8. The number of hydrogen-bond donors (Lipinski definition) is 1. The van der Waals surface area contributed by atoms with Crippen LogP contribution in [0.15, 0.2) is 0 Å². The monoisotopic (exact) mass is 540 g/mol. The Labute approximate surface area is 221 Å². The normalized spacial score (nSPS) is 14.6. The first-order chi connectivity index (χ1) is 16.6. The Bertz CT molecular complexity index is 558. The molecule has 210 valence electrons. The van der Waals surface area contributed by atoms with Gasteiger partial charge in [-0.15, -0.1) is 0 Å². The van der Waals surface area contributed by atoms with Crippen LogP contribution < -0.4 is 0 Å². The summed E-state index contributed by atoms with van der Waals surface area (Å²) < 4.78 is 22.4. The molecule has 0 saturated heterocycles. The fraction of sp³-hybridized carbons (Fsp3) is 0.962. The summed E-state index contributed by atoms with van der Waals surface area (Å²) in [7, 11) is 6.07. The molecule has 0 aliphatic rings. The van der Waals surface area contributed by atoms with E-state index in [9.17, 15) is 9.69 Å². The van der Waals surface area contributed by atoms with Gasteiger partial charge in [0.1, 0.15) is 19.3 Å². The lowest BCUT2D eigenvalue weighted by Gasteiger charge is -2.25. The maximum Gasteiger partial charge on any atom is 0.324 e. The molecular weight excluding hydrogens is 485 g/mol. The summed E-state index contributed by atoms with van der Waals surface area (Å²) in [6.45, 7) is 2.00. The molecule has 0 amide bonds. The number of unbranched alkanes of at least 4 members (excludes halogenated alkanes) is 13. The second-order valence-corrected chi connectivity index (χ2v) is 13.4. The van der Waals surface area contributed by atoms with E-state index in [1.807, 2.05) is 21.1 Å². The van der Waals surface area contributed by atoms with Crippen LogP contribution in [0.5, 0.6) is 0 Å². The summed E-state index contributed by atoms with van der Waals surface area (Å²) in [5, 5.41) is 0. The molecule has 1 N–H and O–H groups in total. The molecule has 0 aromatic carbocycles. The van der Waals surface area contributed by atoms with Crippen molar-refractivity contribution >= 4 is 24.5 Å². The molecule has 0 fully saturated rings. The Hall–Kier alpha value is -0.0800. The van der Waals surface area contributed by atoms with Gasteiger partial charge in [0.2, 0.25) is 0 Å². The highest BCUT2D eigenvalue weighted by molar-refractivity contribution is 8.07. The van der Waals surface area contributed by atoms with Gasteiger partial charge in [-0.2, -0.15) is 0 Å². The minimum Gasteiger partial charge on any atom is -0.458 e. The molecule has 0 aliphatic heterocycles. The van der Waals surface area contributed by atoms with Crippen molar-refractivity contribution in [3.63, 3.8) is 0 Å². The summed E-state index contributed by atoms with van der Waals surface area (Å²) in [6, 6.07) is 0. The zero-order valence-corrected chi connectivity index (χ0v) is 25.0. The third kappa shape index (κ3) is 26.8. The van der Waals surface area contributed by atoms with Crippen molar-refractivity contribution in [3.8, 4) is 0 Å². The van der Waals surface area contributed by atoms with Gasteiger partial charge < -0.3 is 27.9 Å². The molecule has 0 heterocycles. The van der Waals surface area contributed by atoms with Crippen molar-refractivity contribution in [2.45, 2.75) is 110 Å². The van der Waals surface area contributed by atoms with Crippen molar-refractivity contribution in [1.82, 2.24) is 0 Å². The average molecular weight is 541 g/mol. The molecular formula is C26H55NO6PS+.